The van der Waals surface area contributed by atoms with Crippen LogP contribution in [0.3, 0.4) is 0 Å². The standard InChI is InChI=1S/C40H74NO10P/c1-3-5-7-9-11-13-15-17-18-20-21-23-25-27-29-31-38(42)48-33-36(34-49-52(46,47)50-35-37(41)40(44)45)51-39(43)32-30-28-26-24-22-19-16-14-12-10-8-6-4-2/h13-16,36-37H,3-12,17-35,41H2,1-2H3,(H,44,45)(H,46,47)/b15-13+,16-14+/t36-,37+/m1/s1. The van der Waals surface area contributed by atoms with Crippen molar-refractivity contribution in [2.75, 3.05) is 19.8 Å². The van der Waals surface area contributed by atoms with Crippen LogP contribution in [0.2, 0.25) is 0 Å². The lowest BCUT2D eigenvalue weighted by molar-refractivity contribution is -0.161. The van der Waals surface area contributed by atoms with Crippen LogP contribution in [0.5, 0.6) is 0 Å². The third-order valence-corrected chi connectivity index (χ3v) is 9.62. The number of hydrogen-bond acceptors (Lipinski definition) is 9. The number of nitrogens with two attached hydrogens (primary N) is 1. The number of rotatable bonds is 38. The molecule has 0 aromatic carbocycles. The molecule has 0 spiro atoms. The van der Waals surface area contributed by atoms with E-state index >= 15 is 0 Å². The van der Waals surface area contributed by atoms with Crippen molar-refractivity contribution in [1.82, 2.24) is 0 Å². The van der Waals surface area contributed by atoms with Crippen LogP contribution in [0.1, 0.15) is 181 Å². The van der Waals surface area contributed by atoms with Gasteiger partial charge in [0.05, 0.1) is 13.2 Å². The number of allylic oxidation sites excluding steroid dienone is 4. The van der Waals surface area contributed by atoms with Gasteiger partial charge in [-0.15, -0.1) is 0 Å². The summed E-state index contributed by atoms with van der Waals surface area (Å²) >= 11 is 0. The zero-order valence-corrected chi connectivity index (χ0v) is 33.5. The van der Waals surface area contributed by atoms with Gasteiger partial charge in [0.25, 0.3) is 0 Å². The van der Waals surface area contributed by atoms with Crippen molar-refractivity contribution in [3.8, 4) is 0 Å². The summed E-state index contributed by atoms with van der Waals surface area (Å²) in [6.07, 6.45) is 35.3. The van der Waals surface area contributed by atoms with Gasteiger partial charge < -0.3 is 25.2 Å². The minimum Gasteiger partial charge on any atom is -0.480 e. The zero-order valence-electron chi connectivity index (χ0n) is 32.7. The van der Waals surface area contributed by atoms with E-state index in [0.717, 1.165) is 64.2 Å². The van der Waals surface area contributed by atoms with Gasteiger partial charge in [0.15, 0.2) is 6.10 Å². The zero-order chi connectivity index (χ0) is 38.5. The van der Waals surface area contributed by atoms with Gasteiger partial charge in [0.1, 0.15) is 12.6 Å². The Morgan fingerprint density at radius 3 is 1.40 bits per heavy atom. The molecule has 0 radical (unpaired) electrons. The molecule has 0 saturated heterocycles. The fourth-order valence-corrected chi connectivity index (χ4v) is 6.18. The van der Waals surface area contributed by atoms with E-state index in [1.54, 1.807) is 0 Å². The summed E-state index contributed by atoms with van der Waals surface area (Å²) in [5.74, 6) is -2.39. The van der Waals surface area contributed by atoms with Gasteiger partial charge in [0, 0.05) is 12.8 Å². The molecule has 304 valence electrons. The largest absolute Gasteiger partial charge is 0.480 e. The topological polar surface area (TPSA) is 172 Å². The van der Waals surface area contributed by atoms with Crippen molar-refractivity contribution in [1.29, 1.82) is 0 Å². The Morgan fingerprint density at radius 2 is 0.962 bits per heavy atom. The maximum atomic E-state index is 12.6. The fraction of sp³-hybridized carbons (Fsp3) is 0.825. The minimum absolute atomic E-state index is 0.151. The van der Waals surface area contributed by atoms with Crippen LogP contribution in [0, 0.1) is 0 Å². The predicted octanol–water partition coefficient (Wildman–Crippen LogP) is 10.3. The van der Waals surface area contributed by atoms with Crippen molar-refractivity contribution >= 4 is 25.7 Å². The van der Waals surface area contributed by atoms with Gasteiger partial charge in [0.2, 0.25) is 0 Å². The fourth-order valence-electron chi connectivity index (χ4n) is 5.41. The van der Waals surface area contributed by atoms with Crippen molar-refractivity contribution in [2.24, 2.45) is 5.73 Å². The first kappa shape index (κ1) is 50.0. The Balaban J connectivity index is 4.41. The summed E-state index contributed by atoms with van der Waals surface area (Å²) in [4.78, 5) is 45.8. The molecule has 0 aliphatic heterocycles. The van der Waals surface area contributed by atoms with E-state index in [2.05, 4.69) is 42.7 Å². The second-order valence-electron chi connectivity index (χ2n) is 13.8. The van der Waals surface area contributed by atoms with Crippen LogP contribution < -0.4 is 5.73 Å². The predicted molar refractivity (Wildman–Crippen MR) is 208 cm³/mol. The molecule has 0 amide bonds. The highest BCUT2D eigenvalue weighted by molar-refractivity contribution is 7.47. The van der Waals surface area contributed by atoms with Gasteiger partial charge in [-0.25, -0.2) is 4.57 Å². The molecule has 0 rings (SSSR count). The highest BCUT2D eigenvalue weighted by atomic mass is 31.2. The number of phosphoric ester groups is 1. The normalized spacial score (nSPS) is 14.1. The number of ether oxygens (including phenoxy) is 2. The second kappa shape index (κ2) is 36.0. The van der Waals surface area contributed by atoms with E-state index in [1.807, 2.05) is 0 Å². The Labute approximate surface area is 315 Å². The Kier molecular flexibility index (Phi) is 34.6. The average Bonchev–Trinajstić information content (AvgIpc) is 3.12. The van der Waals surface area contributed by atoms with Gasteiger partial charge in [-0.2, -0.15) is 0 Å². The number of esters is 2. The molecule has 0 aromatic heterocycles. The SMILES string of the molecule is CCCCCC/C=C/CCCCCCCCCC(=O)OC[C@H](COP(=O)(O)OC[C@H](N)C(=O)O)OC(=O)CCCCCCC/C=C/CCCCCC. The molecule has 0 saturated carbocycles. The Bertz CT molecular complexity index is 989. The van der Waals surface area contributed by atoms with Crippen molar-refractivity contribution in [2.45, 2.75) is 193 Å². The summed E-state index contributed by atoms with van der Waals surface area (Å²) in [5, 5.41) is 8.87. The molecule has 0 heterocycles. The lowest BCUT2D eigenvalue weighted by Gasteiger charge is -2.20. The summed E-state index contributed by atoms with van der Waals surface area (Å²) < 4.78 is 32.6. The van der Waals surface area contributed by atoms with Crippen LogP contribution >= 0.6 is 7.82 Å². The second-order valence-corrected chi connectivity index (χ2v) is 15.2. The maximum absolute atomic E-state index is 12.6. The van der Waals surface area contributed by atoms with Gasteiger partial charge in [-0.3, -0.25) is 23.4 Å². The van der Waals surface area contributed by atoms with E-state index in [1.165, 1.54) is 77.0 Å². The van der Waals surface area contributed by atoms with Gasteiger partial charge in [-0.05, 0) is 64.2 Å². The molecular formula is C40H74NO10P. The highest BCUT2D eigenvalue weighted by Crippen LogP contribution is 2.43. The molecule has 0 aliphatic carbocycles. The third-order valence-electron chi connectivity index (χ3n) is 8.67. The van der Waals surface area contributed by atoms with E-state index < -0.39 is 51.1 Å². The summed E-state index contributed by atoms with van der Waals surface area (Å²) in [5.41, 5.74) is 5.32. The molecular weight excluding hydrogens is 685 g/mol. The number of carbonyl (C=O) groups excluding carboxylic acids is 2. The Hall–Kier alpha value is -2.04. The number of carboxylic acid groups (broad SMARTS) is 1. The Morgan fingerprint density at radius 1 is 0.577 bits per heavy atom. The maximum Gasteiger partial charge on any atom is 0.472 e. The summed E-state index contributed by atoms with van der Waals surface area (Å²) in [7, 11) is -4.71. The smallest absolute Gasteiger partial charge is 0.472 e. The van der Waals surface area contributed by atoms with Crippen LogP contribution in [0.15, 0.2) is 24.3 Å². The molecule has 1 unspecified atom stereocenters. The van der Waals surface area contributed by atoms with Crippen LogP contribution in [0.4, 0.5) is 0 Å². The molecule has 12 heteroatoms. The first-order valence-corrected chi connectivity index (χ1v) is 21.9. The molecule has 0 aliphatic rings. The lowest BCUT2D eigenvalue weighted by Crippen LogP contribution is -2.34. The number of carboxylic acids is 1. The van der Waals surface area contributed by atoms with Crippen LogP contribution in [-0.2, 0) is 37.5 Å². The molecule has 4 N–H and O–H groups in total. The first-order chi connectivity index (χ1) is 25.1. The molecule has 0 fully saturated rings. The van der Waals surface area contributed by atoms with Crippen LogP contribution in [0.25, 0.3) is 0 Å². The van der Waals surface area contributed by atoms with E-state index in [4.69, 9.17) is 24.8 Å². The van der Waals surface area contributed by atoms with Crippen molar-refractivity contribution in [3.63, 3.8) is 0 Å². The molecule has 11 nitrogen and oxygen atoms in total. The summed E-state index contributed by atoms with van der Waals surface area (Å²) in [6.45, 7) is 2.75. The number of carbonyl (C=O) groups is 3. The molecule has 0 bridgehead atoms. The van der Waals surface area contributed by atoms with E-state index in [0.29, 0.717) is 12.8 Å². The molecule has 0 aromatic rings. The lowest BCUT2D eigenvalue weighted by atomic mass is 10.1. The number of aliphatic carboxylic acids is 1. The number of unbranched alkanes of at least 4 members (excludes halogenated alkanes) is 20. The van der Waals surface area contributed by atoms with Gasteiger partial charge in [-0.1, -0.05) is 128 Å². The monoisotopic (exact) mass is 760 g/mol. The van der Waals surface area contributed by atoms with E-state index in [9.17, 15) is 23.8 Å². The number of phosphoric acid groups is 1. The minimum atomic E-state index is -4.71. The van der Waals surface area contributed by atoms with Crippen molar-refractivity contribution < 1.29 is 47.5 Å². The summed E-state index contributed by atoms with van der Waals surface area (Å²) in [6, 6.07) is -1.52. The number of hydrogen-bond donors (Lipinski definition) is 3. The van der Waals surface area contributed by atoms with Crippen molar-refractivity contribution in [3.05, 3.63) is 24.3 Å². The van der Waals surface area contributed by atoms with E-state index in [-0.39, 0.29) is 19.4 Å². The van der Waals surface area contributed by atoms with Gasteiger partial charge >= 0.3 is 25.7 Å². The average molecular weight is 760 g/mol. The highest BCUT2D eigenvalue weighted by Gasteiger charge is 2.28. The quantitative estimate of drug-likeness (QED) is 0.0237. The molecule has 3 atom stereocenters. The first-order valence-electron chi connectivity index (χ1n) is 20.4. The molecule has 52 heavy (non-hydrogen) atoms. The third kappa shape index (κ3) is 35.0. The van der Waals surface area contributed by atoms with Crippen LogP contribution in [-0.4, -0.2) is 59.9 Å².